The van der Waals surface area contributed by atoms with E-state index < -0.39 is 5.82 Å². The van der Waals surface area contributed by atoms with Crippen LogP contribution in [0.3, 0.4) is 0 Å². The Morgan fingerprint density at radius 1 is 0.794 bits per heavy atom. The number of aromatic nitrogens is 5. The number of fused-ring (bicyclic) bond motifs is 2. The normalized spacial score (nSPS) is 12.5. The summed E-state index contributed by atoms with van der Waals surface area (Å²) in [5, 5.41) is 8.46. The lowest BCUT2D eigenvalue weighted by Crippen LogP contribution is -2.23. The highest BCUT2D eigenvalue weighted by atomic mass is 19.1. The molecule has 164 valence electrons. The quantitative estimate of drug-likeness (QED) is 0.405. The summed E-state index contributed by atoms with van der Waals surface area (Å²) in [6.45, 7) is 0.156. The summed E-state index contributed by atoms with van der Waals surface area (Å²) in [5.74, 6) is -0.618. The molecule has 2 aromatic heterocycles. The fourth-order valence-electron chi connectivity index (χ4n) is 4.19. The third-order valence-electron chi connectivity index (χ3n) is 5.80. The second kappa shape index (κ2) is 7.70. The lowest BCUT2D eigenvalue weighted by Gasteiger charge is -2.16. The molecule has 0 N–H and O–H groups in total. The molecule has 34 heavy (non-hydrogen) atoms. The molecule has 3 aromatic carbocycles. The Kier molecular flexibility index (Phi) is 4.51. The Morgan fingerprint density at radius 2 is 1.47 bits per heavy atom. The maximum absolute atomic E-state index is 13.6. The SMILES string of the molecule is O=C1c2ccccc2C(=O)c2c1nc(-c1ccc(F)cc1)n2Cc1cn(-c2ccccc2)nn1. The number of carbonyl (C=O) groups is 2. The third-order valence-corrected chi connectivity index (χ3v) is 5.80. The number of hydrogen-bond donors (Lipinski definition) is 0. The molecule has 1 aliphatic rings. The van der Waals surface area contributed by atoms with E-state index in [9.17, 15) is 14.0 Å². The zero-order chi connectivity index (χ0) is 23.2. The van der Waals surface area contributed by atoms with Crippen LogP contribution >= 0.6 is 0 Å². The van der Waals surface area contributed by atoms with Crippen LogP contribution in [0.15, 0.2) is 85.1 Å². The summed E-state index contributed by atoms with van der Waals surface area (Å²) in [6, 6.07) is 22.0. The number of nitrogens with zero attached hydrogens (tertiary/aromatic N) is 5. The average Bonchev–Trinajstić information content (AvgIpc) is 3.49. The third kappa shape index (κ3) is 3.15. The van der Waals surface area contributed by atoms with Crippen LogP contribution < -0.4 is 0 Å². The van der Waals surface area contributed by atoms with Crippen molar-refractivity contribution in [3.63, 3.8) is 0 Å². The van der Waals surface area contributed by atoms with Crippen molar-refractivity contribution in [3.05, 3.63) is 119 Å². The predicted molar refractivity (Wildman–Crippen MR) is 121 cm³/mol. The minimum absolute atomic E-state index is 0.0819. The number of para-hydroxylation sites is 1. The van der Waals surface area contributed by atoms with Gasteiger partial charge >= 0.3 is 0 Å². The Labute approximate surface area is 193 Å². The molecule has 0 bridgehead atoms. The lowest BCUT2D eigenvalue weighted by atomic mass is 9.90. The van der Waals surface area contributed by atoms with Crippen molar-refractivity contribution >= 4 is 11.6 Å². The van der Waals surface area contributed by atoms with Crippen LogP contribution in [0.4, 0.5) is 4.39 Å². The van der Waals surface area contributed by atoms with Crippen molar-refractivity contribution in [2.24, 2.45) is 0 Å². The average molecular weight is 449 g/mol. The fourth-order valence-corrected chi connectivity index (χ4v) is 4.19. The monoisotopic (exact) mass is 449 g/mol. The standard InChI is InChI=1S/C26H16FN5O2/c27-17-12-10-16(11-13-17)26-28-22-23(25(34)21-9-5-4-8-20(21)24(22)33)31(26)14-18-15-32(30-29-18)19-6-2-1-3-7-19/h1-13,15H,14H2. The molecule has 0 unspecified atom stereocenters. The van der Waals surface area contributed by atoms with E-state index >= 15 is 0 Å². The van der Waals surface area contributed by atoms with Crippen LogP contribution in [-0.2, 0) is 6.54 Å². The summed E-state index contributed by atoms with van der Waals surface area (Å²) in [7, 11) is 0. The van der Waals surface area contributed by atoms with Crippen molar-refractivity contribution < 1.29 is 14.0 Å². The summed E-state index contributed by atoms with van der Waals surface area (Å²) in [5.41, 5.74) is 2.93. The Balaban J connectivity index is 1.50. The van der Waals surface area contributed by atoms with E-state index in [4.69, 9.17) is 0 Å². The summed E-state index contributed by atoms with van der Waals surface area (Å²) >= 11 is 0. The number of benzene rings is 3. The highest BCUT2D eigenvalue weighted by Gasteiger charge is 2.36. The second-order valence-electron chi connectivity index (χ2n) is 7.92. The van der Waals surface area contributed by atoms with E-state index in [1.807, 2.05) is 30.3 Å². The largest absolute Gasteiger partial charge is 0.314 e. The molecule has 2 heterocycles. The predicted octanol–water partition coefficient (Wildman–Crippen LogP) is 4.09. The number of ketones is 2. The van der Waals surface area contributed by atoms with Gasteiger partial charge in [0.1, 0.15) is 28.7 Å². The van der Waals surface area contributed by atoms with E-state index in [0.717, 1.165) is 5.69 Å². The highest BCUT2D eigenvalue weighted by Crippen LogP contribution is 2.32. The van der Waals surface area contributed by atoms with Crippen LogP contribution in [0.5, 0.6) is 0 Å². The molecule has 0 amide bonds. The second-order valence-corrected chi connectivity index (χ2v) is 7.92. The van der Waals surface area contributed by atoms with Crippen molar-refractivity contribution in [2.75, 3.05) is 0 Å². The van der Waals surface area contributed by atoms with Crippen molar-refractivity contribution in [2.45, 2.75) is 6.54 Å². The summed E-state index contributed by atoms with van der Waals surface area (Å²) in [4.78, 5) is 31.3. The molecular weight excluding hydrogens is 433 g/mol. The first-order chi connectivity index (χ1) is 16.6. The van der Waals surface area contributed by atoms with E-state index in [-0.39, 0.29) is 29.5 Å². The van der Waals surface area contributed by atoms with Crippen LogP contribution in [0.2, 0.25) is 0 Å². The van der Waals surface area contributed by atoms with E-state index in [0.29, 0.717) is 28.2 Å². The molecule has 0 radical (unpaired) electrons. The van der Waals surface area contributed by atoms with Crippen molar-refractivity contribution in [3.8, 4) is 17.1 Å². The molecule has 7 nitrogen and oxygen atoms in total. The number of halogens is 1. The smallest absolute Gasteiger partial charge is 0.214 e. The molecule has 0 aliphatic heterocycles. The molecular formula is C26H16FN5O2. The van der Waals surface area contributed by atoms with Gasteiger partial charge in [0.25, 0.3) is 0 Å². The topological polar surface area (TPSA) is 82.7 Å². The van der Waals surface area contributed by atoms with Gasteiger partial charge < -0.3 is 4.57 Å². The molecule has 1 aliphatic carbocycles. The van der Waals surface area contributed by atoms with Gasteiger partial charge in [0.05, 0.1) is 18.4 Å². The Morgan fingerprint density at radius 3 is 2.21 bits per heavy atom. The van der Waals surface area contributed by atoms with E-state index in [1.54, 1.807) is 51.8 Å². The van der Waals surface area contributed by atoms with Gasteiger partial charge in [-0.1, -0.05) is 47.7 Å². The molecule has 6 rings (SSSR count). The van der Waals surface area contributed by atoms with Gasteiger partial charge in [-0.05, 0) is 36.4 Å². The zero-order valence-corrected chi connectivity index (χ0v) is 17.7. The number of imidazole rings is 1. The van der Waals surface area contributed by atoms with Crippen LogP contribution in [0, 0.1) is 5.82 Å². The van der Waals surface area contributed by atoms with Crippen molar-refractivity contribution in [1.82, 2.24) is 24.5 Å². The van der Waals surface area contributed by atoms with Crippen LogP contribution in [0.25, 0.3) is 17.1 Å². The molecule has 5 aromatic rings. The first-order valence-corrected chi connectivity index (χ1v) is 10.6. The fraction of sp³-hybridized carbons (Fsp3) is 0.0385. The highest BCUT2D eigenvalue weighted by molar-refractivity contribution is 6.27. The maximum atomic E-state index is 13.6. The maximum Gasteiger partial charge on any atom is 0.214 e. The van der Waals surface area contributed by atoms with E-state index in [1.165, 1.54) is 12.1 Å². The Hall–Kier alpha value is -4.72. The van der Waals surface area contributed by atoms with E-state index in [2.05, 4.69) is 15.3 Å². The zero-order valence-electron chi connectivity index (χ0n) is 17.7. The minimum atomic E-state index is -0.392. The molecule has 0 saturated heterocycles. The van der Waals surface area contributed by atoms with Gasteiger partial charge in [-0.15, -0.1) is 5.10 Å². The van der Waals surface area contributed by atoms with Gasteiger partial charge in [0.15, 0.2) is 0 Å². The van der Waals surface area contributed by atoms with Gasteiger partial charge in [-0.3, -0.25) is 9.59 Å². The minimum Gasteiger partial charge on any atom is -0.314 e. The molecule has 0 atom stereocenters. The van der Waals surface area contributed by atoms with Gasteiger partial charge in [-0.2, -0.15) is 0 Å². The lowest BCUT2D eigenvalue weighted by molar-refractivity contribution is 0.0971. The number of hydrogen-bond acceptors (Lipinski definition) is 5. The number of rotatable bonds is 4. The molecule has 8 heteroatoms. The summed E-state index contributed by atoms with van der Waals surface area (Å²) in [6.07, 6.45) is 1.76. The van der Waals surface area contributed by atoms with Crippen molar-refractivity contribution in [1.29, 1.82) is 0 Å². The van der Waals surface area contributed by atoms with Gasteiger partial charge in [0.2, 0.25) is 11.6 Å². The molecule has 0 saturated carbocycles. The van der Waals surface area contributed by atoms with Gasteiger partial charge in [-0.25, -0.2) is 14.1 Å². The van der Waals surface area contributed by atoms with Gasteiger partial charge in [0, 0.05) is 16.7 Å². The Bertz CT molecular complexity index is 1570. The molecule has 0 fully saturated rings. The number of carbonyl (C=O) groups excluding carboxylic acids is 2. The molecule has 0 spiro atoms. The van der Waals surface area contributed by atoms with Crippen LogP contribution in [-0.4, -0.2) is 36.1 Å². The summed E-state index contributed by atoms with van der Waals surface area (Å²) < 4.78 is 16.9. The van der Waals surface area contributed by atoms with Crippen LogP contribution in [0.1, 0.15) is 37.8 Å². The first-order valence-electron chi connectivity index (χ1n) is 10.6. The first kappa shape index (κ1) is 19.9.